The Morgan fingerprint density at radius 3 is 2.74 bits per heavy atom. The van der Waals surface area contributed by atoms with Crippen LogP contribution in [0, 0.1) is 5.92 Å². The molecule has 1 amide bonds. The first-order chi connectivity index (χ1) is 9.16. The Labute approximate surface area is 120 Å². The maximum absolute atomic E-state index is 12.0. The lowest BCUT2D eigenvalue weighted by Gasteiger charge is -2.11. The Balaban J connectivity index is 1.63. The van der Waals surface area contributed by atoms with Gasteiger partial charge in [-0.15, -0.1) is 0 Å². The molecule has 2 aliphatic rings. The van der Waals surface area contributed by atoms with Crippen molar-refractivity contribution in [1.29, 1.82) is 0 Å². The molecule has 0 aromatic heterocycles. The van der Waals surface area contributed by atoms with Gasteiger partial charge in [0.15, 0.2) is 6.29 Å². The highest BCUT2D eigenvalue weighted by molar-refractivity contribution is 6.42. The summed E-state index contributed by atoms with van der Waals surface area (Å²) in [7, 11) is 0. The van der Waals surface area contributed by atoms with Crippen LogP contribution in [0.4, 0.5) is 0 Å². The van der Waals surface area contributed by atoms with Gasteiger partial charge >= 0.3 is 0 Å². The van der Waals surface area contributed by atoms with Crippen molar-refractivity contribution in [3.05, 3.63) is 33.8 Å². The molecule has 3 rings (SSSR count). The lowest BCUT2D eigenvalue weighted by Crippen LogP contribution is -2.50. The smallest absolute Gasteiger partial charge is 0.226 e. The Kier molecular flexibility index (Phi) is 3.62. The third-order valence-corrected chi connectivity index (χ3v) is 4.12. The van der Waals surface area contributed by atoms with E-state index in [0.717, 1.165) is 12.0 Å². The Morgan fingerprint density at radius 2 is 2.00 bits per heavy atom. The van der Waals surface area contributed by atoms with E-state index in [1.807, 2.05) is 12.1 Å². The number of rotatable bonds is 3. The van der Waals surface area contributed by atoms with E-state index in [9.17, 15) is 4.79 Å². The highest BCUT2D eigenvalue weighted by Crippen LogP contribution is 2.50. The molecular formula is C11H13Cl2N5O. The molecule has 8 heteroatoms. The van der Waals surface area contributed by atoms with Crippen molar-refractivity contribution >= 4 is 29.1 Å². The standard InChI is InChI=1S/C11H13Cl2N5O/c12-8-3-1-2-5(9(8)13)6-4-7(6)10(19)14-11-15-17-18-16-11/h1-3,6-7,11,15-18H,4H2,(H,14,19). The Hall–Kier alpha value is -0.890. The van der Waals surface area contributed by atoms with Gasteiger partial charge in [0.05, 0.1) is 10.0 Å². The number of benzene rings is 1. The number of carbonyl (C=O) groups is 1. The van der Waals surface area contributed by atoms with Crippen molar-refractivity contribution in [2.75, 3.05) is 0 Å². The first kappa shape index (κ1) is 13.1. The molecule has 102 valence electrons. The summed E-state index contributed by atoms with van der Waals surface area (Å²) in [4.78, 5) is 12.0. The van der Waals surface area contributed by atoms with Crippen LogP contribution < -0.4 is 27.2 Å². The van der Waals surface area contributed by atoms with Gasteiger partial charge in [-0.3, -0.25) is 4.79 Å². The van der Waals surface area contributed by atoms with Crippen molar-refractivity contribution in [1.82, 2.24) is 27.2 Å². The molecule has 2 atom stereocenters. The maximum atomic E-state index is 12.0. The number of nitrogens with one attached hydrogen (secondary N) is 5. The van der Waals surface area contributed by atoms with Gasteiger partial charge in [0.2, 0.25) is 5.91 Å². The number of halogens is 2. The largest absolute Gasteiger partial charge is 0.326 e. The SMILES string of the molecule is O=C(NC1NNNN1)C1CC1c1cccc(Cl)c1Cl. The Morgan fingerprint density at radius 1 is 1.26 bits per heavy atom. The monoisotopic (exact) mass is 301 g/mol. The molecule has 5 N–H and O–H groups in total. The summed E-state index contributed by atoms with van der Waals surface area (Å²) in [6, 6.07) is 5.51. The van der Waals surface area contributed by atoms with E-state index in [0.29, 0.717) is 10.0 Å². The van der Waals surface area contributed by atoms with Crippen LogP contribution in [0.3, 0.4) is 0 Å². The molecule has 0 radical (unpaired) electrons. The summed E-state index contributed by atoms with van der Waals surface area (Å²) in [5.41, 5.74) is 11.8. The van der Waals surface area contributed by atoms with E-state index < -0.39 is 0 Å². The van der Waals surface area contributed by atoms with Crippen LogP contribution in [0.25, 0.3) is 0 Å². The van der Waals surface area contributed by atoms with Crippen LogP contribution in [0.1, 0.15) is 17.9 Å². The van der Waals surface area contributed by atoms with Gasteiger partial charge in [-0.25, -0.2) is 10.9 Å². The number of carbonyl (C=O) groups excluding carboxylic acids is 1. The highest BCUT2D eigenvalue weighted by atomic mass is 35.5. The predicted molar refractivity (Wildman–Crippen MR) is 71.8 cm³/mol. The molecule has 0 spiro atoms. The quantitative estimate of drug-likeness (QED) is 0.566. The van der Waals surface area contributed by atoms with Crippen LogP contribution in [0.15, 0.2) is 18.2 Å². The number of hydrazine groups is 3. The van der Waals surface area contributed by atoms with Crippen molar-refractivity contribution < 1.29 is 4.79 Å². The lowest BCUT2D eigenvalue weighted by atomic mass is 10.1. The van der Waals surface area contributed by atoms with E-state index in [-0.39, 0.29) is 24.0 Å². The van der Waals surface area contributed by atoms with Gasteiger partial charge < -0.3 is 5.32 Å². The van der Waals surface area contributed by atoms with Crippen LogP contribution in [0.5, 0.6) is 0 Å². The fraction of sp³-hybridized carbons (Fsp3) is 0.364. The number of hydrogen-bond donors (Lipinski definition) is 5. The van der Waals surface area contributed by atoms with Gasteiger partial charge in [-0.2, -0.15) is 11.1 Å². The minimum atomic E-state index is -0.330. The molecule has 1 aromatic rings. The first-order valence-corrected chi connectivity index (χ1v) is 6.68. The fourth-order valence-electron chi connectivity index (χ4n) is 2.21. The zero-order chi connectivity index (χ0) is 13.4. The van der Waals surface area contributed by atoms with Gasteiger partial charge in [0.1, 0.15) is 0 Å². The fourth-order valence-corrected chi connectivity index (χ4v) is 2.66. The molecule has 1 saturated heterocycles. The van der Waals surface area contributed by atoms with Gasteiger partial charge in [0.25, 0.3) is 0 Å². The molecule has 1 aliphatic heterocycles. The predicted octanol–water partition coefficient (Wildman–Crippen LogP) is 0.614. The van der Waals surface area contributed by atoms with Crippen molar-refractivity contribution in [2.24, 2.45) is 5.92 Å². The third kappa shape index (κ3) is 2.69. The molecule has 19 heavy (non-hydrogen) atoms. The summed E-state index contributed by atoms with van der Waals surface area (Å²) in [5.74, 6) is 0.0743. The van der Waals surface area contributed by atoms with E-state index in [1.165, 1.54) is 0 Å². The zero-order valence-electron chi connectivity index (χ0n) is 9.84. The minimum Gasteiger partial charge on any atom is -0.326 e. The molecule has 2 fully saturated rings. The van der Waals surface area contributed by atoms with E-state index in [1.54, 1.807) is 6.07 Å². The van der Waals surface area contributed by atoms with Crippen LogP contribution in [0.2, 0.25) is 10.0 Å². The molecule has 1 heterocycles. The average Bonchev–Trinajstić information content (AvgIpc) is 3.03. The number of amides is 1. The summed E-state index contributed by atoms with van der Waals surface area (Å²) >= 11 is 12.1. The molecule has 6 nitrogen and oxygen atoms in total. The van der Waals surface area contributed by atoms with Crippen molar-refractivity contribution in [3.8, 4) is 0 Å². The molecule has 1 saturated carbocycles. The highest BCUT2D eigenvalue weighted by Gasteiger charge is 2.45. The van der Waals surface area contributed by atoms with E-state index in [4.69, 9.17) is 23.2 Å². The maximum Gasteiger partial charge on any atom is 0.226 e. The molecular weight excluding hydrogens is 289 g/mol. The molecule has 2 unspecified atom stereocenters. The molecule has 1 aliphatic carbocycles. The second kappa shape index (κ2) is 5.24. The summed E-state index contributed by atoms with van der Waals surface area (Å²) in [5, 5.41) is 3.88. The normalized spacial score (nSPS) is 26.4. The molecule has 1 aromatic carbocycles. The zero-order valence-corrected chi connectivity index (χ0v) is 11.3. The number of hydrogen-bond acceptors (Lipinski definition) is 5. The van der Waals surface area contributed by atoms with Gasteiger partial charge in [0, 0.05) is 5.92 Å². The first-order valence-electron chi connectivity index (χ1n) is 5.92. The topological polar surface area (TPSA) is 77.2 Å². The average molecular weight is 302 g/mol. The lowest BCUT2D eigenvalue weighted by molar-refractivity contribution is -0.123. The molecule has 0 bridgehead atoms. The van der Waals surface area contributed by atoms with E-state index in [2.05, 4.69) is 27.2 Å². The summed E-state index contributed by atoms with van der Waals surface area (Å²) < 4.78 is 0. The van der Waals surface area contributed by atoms with Crippen LogP contribution in [-0.4, -0.2) is 12.2 Å². The minimum absolute atomic E-state index is 0.0171. The summed E-state index contributed by atoms with van der Waals surface area (Å²) in [6.07, 6.45) is 0.461. The van der Waals surface area contributed by atoms with Crippen molar-refractivity contribution in [3.63, 3.8) is 0 Å². The van der Waals surface area contributed by atoms with Gasteiger partial charge in [-0.1, -0.05) is 35.3 Å². The van der Waals surface area contributed by atoms with Crippen molar-refractivity contribution in [2.45, 2.75) is 18.6 Å². The van der Waals surface area contributed by atoms with Crippen LogP contribution >= 0.6 is 23.2 Å². The van der Waals surface area contributed by atoms with Gasteiger partial charge in [-0.05, 0) is 24.0 Å². The van der Waals surface area contributed by atoms with Crippen LogP contribution in [-0.2, 0) is 4.79 Å². The third-order valence-electron chi connectivity index (χ3n) is 3.29. The second-order valence-corrected chi connectivity index (χ2v) is 5.36. The Bertz CT molecular complexity index is 506. The van der Waals surface area contributed by atoms with E-state index >= 15 is 0 Å². The second-order valence-electron chi connectivity index (χ2n) is 4.57. The summed E-state index contributed by atoms with van der Waals surface area (Å²) in [6.45, 7) is 0.